The van der Waals surface area contributed by atoms with Gasteiger partial charge in [0.05, 0.1) is 4.90 Å². The Morgan fingerprint density at radius 1 is 1.19 bits per heavy atom. The third-order valence-corrected chi connectivity index (χ3v) is 4.97. The molecule has 1 aromatic carbocycles. The van der Waals surface area contributed by atoms with Crippen LogP contribution in [0.4, 0.5) is 5.13 Å². The molecule has 0 fully saturated rings. The van der Waals surface area contributed by atoms with Crippen molar-refractivity contribution in [3.05, 3.63) is 34.8 Å². The van der Waals surface area contributed by atoms with E-state index in [0.29, 0.717) is 10.7 Å². The largest absolute Gasteiger partial charge is 0.296 e. The number of carbonyl (C=O) groups excluding carboxylic acids is 1. The van der Waals surface area contributed by atoms with Gasteiger partial charge in [0.25, 0.3) is 5.91 Å². The van der Waals surface area contributed by atoms with Crippen LogP contribution < -0.4 is 5.32 Å². The summed E-state index contributed by atoms with van der Waals surface area (Å²) in [5.41, 5.74) is 0.365. The van der Waals surface area contributed by atoms with E-state index in [-0.39, 0.29) is 16.7 Å². The van der Waals surface area contributed by atoms with Crippen LogP contribution in [0.3, 0.4) is 0 Å². The molecular formula is C13H15N3O3S2. The maximum absolute atomic E-state index is 12.0. The number of benzene rings is 1. The highest BCUT2D eigenvalue weighted by molar-refractivity contribution is 7.90. The molecule has 6 nitrogen and oxygen atoms in total. The summed E-state index contributed by atoms with van der Waals surface area (Å²) in [5, 5.41) is 11.8. The summed E-state index contributed by atoms with van der Waals surface area (Å²) in [6.45, 7) is 3.99. The third kappa shape index (κ3) is 3.85. The van der Waals surface area contributed by atoms with Gasteiger partial charge in [0.2, 0.25) is 5.13 Å². The monoisotopic (exact) mass is 325 g/mol. The summed E-state index contributed by atoms with van der Waals surface area (Å²) in [4.78, 5) is 12.2. The van der Waals surface area contributed by atoms with E-state index in [1.807, 2.05) is 13.8 Å². The maximum atomic E-state index is 12.0. The van der Waals surface area contributed by atoms with E-state index in [2.05, 4.69) is 15.5 Å². The number of nitrogens with zero attached hydrogens (tertiary/aromatic N) is 2. The van der Waals surface area contributed by atoms with Gasteiger partial charge in [0.15, 0.2) is 9.84 Å². The lowest BCUT2D eigenvalue weighted by atomic mass is 10.2. The van der Waals surface area contributed by atoms with Crippen molar-refractivity contribution in [2.24, 2.45) is 0 Å². The Kier molecular flexibility index (Phi) is 4.38. The van der Waals surface area contributed by atoms with Crippen LogP contribution in [0.25, 0.3) is 0 Å². The van der Waals surface area contributed by atoms with Gasteiger partial charge in [-0.05, 0) is 24.3 Å². The first-order valence-electron chi connectivity index (χ1n) is 6.22. The molecule has 112 valence electrons. The predicted octanol–water partition coefficient (Wildman–Crippen LogP) is 2.32. The second kappa shape index (κ2) is 5.90. The molecule has 1 amide bonds. The SMILES string of the molecule is CC(C)c1nnc(NC(=O)c2ccc(S(C)(=O)=O)cc2)s1. The van der Waals surface area contributed by atoms with Crippen molar-refractivity contribution in [2.75, 3.05) is 11.6 Å². The van der Waals surface area contributed by atoms with Gasteiger partial charge in [-0.15, -0.1) is 10.2 Å². The van der Waals surface area contributed by atoms with Crippen LogP contribution in [0.15, 0.2) is 29.2 Å². The van der Waals surface area contributed by atoms with E-state index in [1.165, 1.54) is 35.6 Å². The van der Waals surface area contributed by atoms with E-state index in [4.69, 9.17) is 0 Å². The first kappa shape index (κ1) is 15.6. The van der Waals surface area contributed by atoms with Crippen LogP contribution in [0.1, 0.15) is 35.1 Å². The number of rotatable bonds is 4. The highest BCUT2D eigenvalue weighted by Gasteiger charge is 2.13. The zero-order valence-electron chi connectivity index (χ0n) is 11.8. The highest BCUT2D eigenvalue weighted by Crippen LogP contribution is 2.22. The molecule has 8 heteroatoms. The Bertz CT molecular complexity index is 749. The number of carbonyl (C=O) groups is 1. The molecule has 0 saturated heterocycles. The fourth-order valence-electron chi connectivity index (χ4n) is 1.54. The first-order valence-corrected chi connectivity index (χ1v) is 8.93. The number of hydrogen-bond acceptors (Lipinski definition) is 6. The van der Waals surface area contributed by atoms with E-state index in [9.17, 15) is 13.2 Å². The van der Waals surface area contributed by atoms with Gasteiger partial charge in [-0.2, -0.15) is 0 Å². The van der Waals surface area contributed by atoms with Crippen molar-refractivity contribution in [2.45, 2.75) is 24.7 Å². The van der Waals surface area contributed by atoms with Crippen LogP contribution >= 0.6 is 11.3 Å². The Hall–Kier alpha value is -1.80. The zero-order valence-corrected chi connectivity index (χ0v) is 13.5. The number of anilines is 1. The molecule has 0 aliphatic rings. The Labute approximate surface area is 127 Å². The highest BCUT2D eigenvalue weighted by atomic mass is 32.2. The van der Waals surface area contributed by atoms with Crippen LogP contribution in [0, 0.1) is 0 Å². The number of hydrogen-bond donors (Lipinski definition) is 1. The minimum absolute atomic E-state index is 0.178. The van der Waals surface area contributed by atoms with Gasteiger partial charge in [0.1, 0.15) is 5.01 Å². The van der Waals surface area contributed by atoms with Crippen molar-refractivity contribution in [1.82, 2.24) is 10.2 Å². The lowest BCUT2D eigenvalue weighted by Crippen LogP contribution is -2.11. The van der Waals surface area contributed by atoms with Gasteiger partial charge >= 0.3 is 0 Å². The van der Waals surface area contributed by atoms with E-state index < -0.39 is 9.84 Å². The summed E-state index contributed by atoms with van der Waals surface area (Å²) >= 11 is 1.32. The summed E-state index contributed by atoms with van der Waals surface area (Å²) in [5.74, 6) is -0.0938. The Morgan fingerprint density at radius 3 is 2.29 bits per heavy atom. The molecule has 0 radical (unpaired) electrons. The summed E-state index contributed by atoms with van der Waals surface area (Å²) in [7, 11) is -3.26. The van der Waals surface area contributed by atoms with Crippen LogP contribution in [0.5, 0.6) is 0 Å². The fraction of sp³-hybridized carbons (Fsp3) is 0.308. The van der Waals surface area contributed by atoms with Crippen molar-refractivity contribution < 1.29 is 13.2 Å². The average molecular weight is 325 g/mol. The fourth-order valence-corrected chi connectivity index (χ4v) is 2.91. The van der Waals surface area contributed by atoms with Crippen LogP contribution in [0.2, 0.25) is 0 Å². The molecule has 1 aromatic heterocycles. The maximum Gasteiger partial charge on any atom is 0.257 e. The second-order valence-electron chi connectivity index (χ2n) is 4.85. The zero-order chi connectivity index (χ0) is 15.6. The van der Waals surface area contributed by atoms with Gasteiger partial charge in [0, 0.05) is 17.7 Å². The average Bonchev–Trinajstić information content (AvgIpc) is 2.86. The molecule has 0 spiro atoms. The molecule has 2 rings (SSSR count). The van der Waals surface area contributed by atoms with E-state index >= 15 is 0 Å². The lowest BCUT2D eigenvalue weighted by molar-refractivity contribution is 0.102. The lowest BCUT2D eigenvalue weighted by Gasteiger charge is -2.02. The van der Waals surface area contributed by atoms with E-state index in [1.54, 1.807) is 0 Å². The Balaban J connectivity index is 2.13. The molecule has 0 unspecified atom stereocenters. The molecule has 2 aromatic rings. The van der Waals surface area contributed by atoms with Gasteiger partial charge < -0.3 is 0 Å². The number of aromatic nitrogens is 2. The minimum atomic E-state index is -3.26. The molecule has 0 aliphatic heterocycles. The molecule has 0 bridgehead atoms. The van der Waals surface area contributed by atoms with Crippen molar-refractivity contribution in [3.8, 4) is 0 Å². The van der Waals surface area contributed by atoms with Crippen LogP contribution in [-0.2, 0) is 9.84 Å². The smallest absolute Gasteiger partial charge is 0.257 e. The van der Waals surface area contributed by atoms with Crippen molar-refractivity contribution in [1.29, 1.82) is 0 Å². The summed E-state index contributed by atoms with van der Waals surface area (Å²) in [6.07, 6.45) is 1.12. The van der Waals surface area contributed by atoms with Crippen molar-refractivity contribution >= 4 is 32.2 Å². The Morgan fingerprint density at radius 2 is 1.81 bits per heavy atom. The predicted molar refractivity (Wildman–Crippen MR) is 81.5 cm³/mol. The summed E-state index contributed by atoms with van der Waals surface area (Å²) in [6, 6.07) is 5.75. The standard InChI is InChI=1S/C13H15N3O3S2/c1-8(2)12-15-16-13(20-12)14-11(17)9-4-6-10(7-5-9)21(3,18)19/h4-8H,1-3H3,(H,14,16,17). The summed E-state index contributed by atoms with van der Waals surface area (Å²) < 4.78 is 22.7. The molecule has 0 aliphatic carbocycles. The van der Waals surface area contributed by atoms with Gasteiger partial charge in [-0.3, -0.25) is 10.1 Å². The van der Waals surface area contributed by atoms with Gasteiger partial charge in [-0.25, -0.2) is 8.42 Å². The molecule has 0 saturated carbocycles. The third-order valence-electron chi connectivity index (χ3n) is 2.70. The topological polar surface area (TPSA) is 89.0 Å². The molecule has 0 atom stereocenters. The molecule has 1 N–H and O–H groups in total. The van der Waals surface area contributed by atoms with E-state index in [0.717, 1.165) is 11.3 Å². The van der Waals surface area contributed by atoms with Crippen molar-refractivity contribution in [3.63, 3.8) is 0 Å². The van der Waals surface area contributed by atoms with Crippen LogP contribution in [-0.4, -0.2) is 30.8 Å². The number of amides is 1. The second-order valence-corrected chi connectivity index (χ2v) is 7.88. The molecule has 21 heavy (non-hydrogen) atoms. The first-order chi connectivity index (χ1) is 9.77. The number of nitrogens with one attached hydrogen (secondary N) is 1. The quantitative estimate of drug-likeness (QED) is 0.932. The molecular weight excluding hydrogens is 310 g/mol. The number of sulfone groups is 1. The minimum Gasteiger partial charge on any atom is -0.296 e. The molecule has 1 heterocycles. The normalized spacial score (nSPS) is 11.6. The van der Waals surface area contributed by atoms with Gasteiger partial charge in [-0.1, -0.05) is 25.2 Å².